The molecule has 0 aliphatic heterocycles. The van der Waals surface area contributed by atoms with Crippen molar-refractivity contribution in [3.05, 3.63) is 59.2 Å². The van der Waals surface area contributed by atoms with Gasteiger partial charge in [0.2, 0.25) is 10.0 Å². The van der Waals surface area contributed by atoms with Crippen LogP contribution in [-0.2, 0) is 19.6 Å². The number of anilines is 1. The summed E-state index contributed by atoms with van der Waals surface area (Å²) in [7, 11) is -3.90. The molecule has 8 nitrogen and oxygen atoms in total. The molecule has 0 saturated heterocycles. The van der Waals surface area contributed by atoms with Crippen LogP contribution < -0.4 is 10.5 Å². The zero-order valence-corrected chi connectivity index (χ0v) is 15.3. The zero-order valence-electron chi connectivity index (χ0n) is 13.7. The first-order valence-electron chi connectivity index (χ1n) is 7.62. The third-order valence-electron chi connectivity index (χ3n) is 3.63. The Morgan fingerprint density at radius 1 is 1.15 bits per heavy atom. The summed E-state index contributed by atoms with van der Waals surface area (Å²) in [5.41, 5.74) is 0.909. The summed E-state index contributed by atoms with van der Waals surface area (Å²) in [5, 5.41) is 8.33. The lowest BCUT2D eigenvalue weighted by atomic mass is 10.2. The van der Waals surface area contributed by atoms with Gasteiger partial charge in [-0.3, -0.25) is 4.79 Å². The fourth-order valence-corrected chi connectivity index (χ4v) is 3.25. The van der Waals surface area contributed by atoms with E-state index in [-0.39, 0.29) is 21.3 Å². The SMILES string of the molecule is NS(=O)(=O)c1cccc(NC(=O)COC(=O)c2[nH]c3ccccc3c2Cl)c1. The van der Waals surface area contributed by atoms with Crippen LogP contribution >= 0.6 is 11.6 Å². The van der Waals surface area contributed by atoms with Gasteiger partial charge in [-0.25, -0.2) is 18.4 Å². The Morgan fingerprint density at radius 3 is 2.59 bits per heavy atom. The predicted octanol–water partition coefficient (Wildman–Crippen LogP) is 2.26. The van der Waals surface area contributed by atoms with E-state index in [0.717, 1.165) is 0 Å². The Kier molecular flexibility index (Phi) is 5.17. The van der Waals surface area contributed by atoms with E-state index in [0.29, 0.717) is 10.9 Å². The number of esters is 1. The number of aromatic nitrogens is 1. The number of halogens is 1. The number of hydrogen-bond acceptors (Lipinski definition) is 5. The van der Waals surface area contributed by atoms with Crippen molar-refractivity contribution in [2.24, 2.45) is 5.14 Å². The van der Waals surface area contributed by atoms with Crippen molar-refractivity contribution in [2.75, 3.05) is 11.9 Å². The quantitative estimate of drug-likeness (QED) is 0.558. The second kappa shape index (κ2) is 7.39. The van der Waals surface area contributed by atoms with Crippen LogP contribution in [0.1, 0.15) is 10.5 Å². The van der Waals surface area contributed by atoms with Gasteiger partial charge in [-0.05, 0) is 24.3 Å². The second-order valence-electron chi connectivity index (χ2n) is 5.56. The summed E-state index contributed by atoms with van der Waals surface area (Å²) in [6, 6.07) is 12.5. The van der Waals surface area contributed by atoms with Gasteiger partial charge in [0, 0.05) is 16.6 Å². The molecule has 3 rings (SSSR count). The lowest BCUT2D eigenvalue weighted by Gasteiger charge is -2.07. The summed E-state index contributed by atoms with van der Waals surface area (Å²) in [6.45, 7) is -0.579. The molecule has 2 aromatic carbocycles. The molecule has 0 unspecified atom stereocenters. The van der Waals surface area contributed by atoms with Crippen molar-refractivity contribution < 1.29 is 22.7 Å². The van der Waals surface area contributed by atoms with Crippen LogP contribution in [0.2, 0.25) is 5.02 Å². The number of nitrogens with two attached hydrogens (primary N) is 1. The molecule has 1 heterocycles. The maximum absolute atomic E-state index is 12.2. The minimum atomic E-state index is -3.90. The number of ether oxygens (including phenoxy) is 1. The number of sulfonamides is 1. The molecule has 27 heavy (non-hydrogen) atoms. The summed E-state index contributed by atoms with van der Waals surface area (Å²) in [4.78, 5) is 26.8. The van der Waals surface area contributed by atoms with Gasteiger partial charge in [0.05, 0.1) is 9.92 Å². The number of benzene rings is 2. The molecule has 0 aliphatic carbocycles. The highest BCUT2D eigenvalue weighted by Crippen LogP contribution is 2.27. The standard InChI is InChI=1S/C17H14ClN3O5S/c18-15-12-6-1-2-7-13(12)21-16(15)17(23)26-9-14(22)20-10-4-3-5-11(8-10)27(19,24)25/h1-8,21H,9H2,(H,20,22)(H2,19,24,25). The summed E-state index contributed by atoms with van der Waals surface area (Å²) < 4.78 is 27.6. The number of aromatic amines is 1. The van der Waals surface area contributed by atoms with Gasteiger partial charge in [-0.15, -0.1) is 0 Å². The van der Waals surface area contributed by atoms with Crippen LogP contribution in [0.5, 0.6) is 0 Å². The van der Waals surface area contributed by atoms with E-state index in [4.69, 9.17) is 21.5 Å². The number of H-pyrrole nitrogens is 1. The molecular weight excluding hydrogens is 394 g/mol. The Labute approximate surface area is 159 Å². The molecule has 0 aliphatic rings. The highest BCUT2D eigenvalue weighted by atomic mass is 35.5. The van der Waals surface area contributed by atoms with Crippen LogP contribution in [0.3, 0.4) is 0 Å². The van der Waals surface area contributed by atoms with E-state index in [1.807, 2.05) is 0 Å². The molecular formula is C17H14ClN3O5S. The maximum Gasteiger partial charge on any atom is 0.356 e. The minimum Gasteiger partial charge on any atom is -0.451 e. The number of rotatable bonds is 5. The molecule has 0 fully saturated rings. The van der Waals surface area contributed by atoms with E-state index in [1.54, 1.807) is 24.3 Å². The molecule has 0 radical (unpaired) electrons. The topological polar surface area (TPSA) is 131 Å². The largest absolute Gasteiger partial charge is 0.451 e. The van der Waals surface area contributed by atoms with Gasteiger partial charge >= 0.3 is 5.97 Å². The predicted molar refractivity (Wildman–Crippen MR) is 100 cm³/mol. The lowest BCUT2D eigenvalue weighted by Crippen LogP contribution is -2.21. The van der Waals surface area contributed by atoms with Gasteiger partial charge in [-0.1, -0.05) is 35.9 Å². The van der Waals surface area contributed by atoms with E-state index < -0.39 is 28.5 Å². The monoisotopic (exact) mass is 407 g/mol. The van der Waals surface area contributed by atoms with Crippen LogP contribution in [-0.4, -0.2) is 31.9 Å². The van der Waals surface area contributed by atoms with Crippen molar-refractivity contribution in [3.63, 3.8) is 0 Å². The smallest absolute Gasteiger partial charge is 0.356 e. The maximum atomic E-state index is 12.2. The van der Waals surface area contributed by atoms with E-state index in [2.05, 4.69) is 10.3 Å². The normalized spacial score (nSPS) is 11.3. The number of amides is 1. The Hall–Kier alpha value is -2.88. The van der Waals surface area contributed by atoms with Crippen LogP contribution in [0.25, 0.3) is 10.9 Å². The number of fused-ring (bicyclic) bond motifs is 1. The molecule has 0 saturated carbocycles. The highest BCUT2D eigenvalue weighted by molar-refractivity contribution is 7.89. The molecule has 0 bridgehead atoms. The fraction of sp³-hybridized carbons (Fsp3) is 0.0588. The van der Waals surface area contributed by atoms with E-state index in [1.165, 1.54) is 24.3 Å². The van der Waals surface area contributed by atoms with Gasteiger partial charge in [0.1, 0.15) is 5.69 Å². The van der Waals surface area contributed by atoms with Gasteiger partial charge < -0.3 is 15.0 Å². The number of hydrogen-bond donors (Lipinski definition) is 3. The molecule has 0 spiro atoms. The molecule has 1 aromatic heterocycles. The van der Waals surface area contributed by atoms with Crippen LogP contribution in [0.4, 0.5) is 5.69 Å². The Morgan fingerprint density at radius 2 is 1.89 bits per heavy atom. The average Bonchev–Trinajstić information content (AvgIpc) is 2.96. The number of nitrogens with one attached hydrogen (secondary N) is 2. The summed E-state index contributed by atoms with van der Waals surface area (Å²) >= 11 is 6.16. The van der Waals surface area contributed by atoms with Gasteiger partial charge in [0.25, 0.3) is 5.91 Å². The second-order valence-corrected chi connectivity index (χ2v) is 7.50. The molecule has 10 heteroatoms. The average molecular weight is 408 g/mol. The molecule has 140 valence electrons. The van der Waals surface area contributed by atoms with E-state index >= 15 is 0 Å². The van der Waals surface area contributed by atoms with Gasteiger partial charge in [0.15, 0.2) is 6.61 Å². The van der Waals surface area contributed by atoms with Crippen molar-refractivity contribution in [1.82, 2.24) is 4.98 Å². The lowest BCUT2D eigenvalue weighted by molar-refractivity contribution is -0.119. The van der Waals surface area contributed by atoms with Gasteiger partial charge in [-0.2, -0.15) is 0 Å². The number of para-hydroxylation sites is 1. The highest BCUT2D eigenvalue weighted by Gasteiger charge is 2.18. The number of carbonyl (C=O) groups is 2. The number of primary sulfonamides is 1. The van der Waals surface area contributed by atoms with Crippen molar-refractivity contribution in [2.45, 2.75) is 4.90 Å². The number of carbonyl (C=O) groups excluding carboxylic acids is 2. The third-order valence-corrected chi connectivity index (χ3v) is 4.93. The molecule has 3 aromatic rings. The fourth-order valence-electron chi connectivity index (χ4n) is 2.40. The van der Waals surface area contributed by atoms with E-state index in [9.17, 15) is 18.0 Å². The Balaban J connectivity index is 1.65. The Bertz CT molecular complexity index is 1140. The minimum absolute atomic E-state index is 0.0434. The first-order valence-corrected chi connectivity index (χ1v) is 9.54. The van der Waals surface area contributed by atoms with Crippen molar-refractivity contribution in [3.8, 4) is 0 Å². The van der Waals surface area contributed by atoms with Crippen molar-refractivity contribution >= 4 is 50.1 Å². The van der Waals surface area contributed by atoms with Crippen LogP contribution in [0.15, 0.2) is 53.4 Å². The zero-order chi connectivity index (χ0) is 19.6. The first-order chi connectivity index (χ1) is 12.8. The molecule has 1 amide bonds. The summed E-state index contributed by atoms with van der Waals surface area (Å²) in [6.07, 6.45) is 0. The van der Waals surface area contributed by atoms with Crippen LogP contribution in [0, 0.1) is 0 Å². The third kappa shape index (κ3) is 4.27. The molecule has 4 N–H and O–H groups in total. The van der Waals surface area contributed by atoms with Crippen molar-refractivity contribution in [1.29, 1.82) is 0 Å². The first kappa shape index (κ1) is 18.9. The molecule has 0 atom stereocenters. The summed E-state index contributed by atoms with van der Waals surface area (Å²) in [5.74, 6) is -1.44.